The fraction of sp³-hybridized carbons (Fsp3) is 0.300. The third kappa shape index (κ3) is 5.25. The average Bonchev–Trinajstić information content (AvgIpc) is 2.96. The SMILES string of the molecule is COC(=O)N1C[C@H](C(=O)c2cccc(OC)c2)C(c2cccc(F)c2C)[C@H](C(=O)c2cccc(OC)c2)C1. The predicted octanol–water partition coefficient (Wildman–Crippen LogP) is 5.32. The van der Waals surface area contributed by atoms with Crippen molar-refractivity contribution < 1.29 is 33.0 Å². The third-order valence-corrected chi connectivity index (χ3v) is 7.18. The Morgan fingerprint density at radius 2 is 1.29 bits per heavy atom. The van der Waals surface area contributed by atoms with E-state index in [1.165, 1.54) is 32.3 Å². The van der Waals surface area contributed by atoms with Gasteiger partial charge in [-0.05, 0) is 48.4 Å². The largest absolute Gasteiger partial charge is 0.497 e. The van der Waals surface area contributed by atoms with Gasteiger partial charge in [0.15, 0.2) is 11.6 Å². The molecule has 0 saturated carbocycles. The molecule has 7 nitrogen and oxygen atoms in total. The van der Waals surface area contributed by atoms with Crippen molar-refractivity contribution in [1.82, 2.24) is 4.90 Å². The number of ether oxygens (including phenoxy) is 3. The molecule has 3 aromatic rings. The smallest absolute Gasteiger partial charge is 0.409 e. The van der Waals surface area contributed by atoms with Crippen LogP contribution in [0.25, 0.3) is 0 Å². The van der Waals surface area contributed by atoms with Gasteiger partial charge in [0.25, 0.3) is 0 Å². The van der Waals surface area contributed by atoms with E-state index in [0.717, 1.165) is 0 Å². The summed E-state index contributed by atoms with van der Waals surface area (Å²) in [4.78, 5) is 42.2. The number of methoxy groups -OCH3 is 3. The molecule has 3 atom stereocenters. The molecule has 198 valence electrons. The lowest BCUT2D eigenvalue weighted by atomic mass is 9.68. The molecule has 4 rings (SSSR count). The lowest BCUT2D eigenvalue weighted by Gasteiger charge is -2.42. The van der Waals surface area contributed by atoms with Crippen molar-refractivity contribution in [2.45, 2.75) is 12.8 Å². The number of halogens is 1. The molecule has 0 bridgehead atoms. The van der Waals surface area contributed by atoms with Crippen LogP contribution in [0.15, 0.2) is 66.7 Å². The first-order valence-corrected chi connectivity index (χ1v) is 12.2. The van der Waals surface area contributed by atoms with Crippen LogP contribution in [0.2, 0.25) is 0 Å². The second-order valence-electron chi connectivity index (χ2n) is 9.26. The Bertz CT molecular complexity index is 1290. The van der Waals surface area contributed by atoms with E-state index in [4.69, 9.17) is 14.2 Å². The lowest BCUT2D eigenvalue weighted by molar-refractivity contribution is 0.0532. The Morgan fingerprint density at radius 3 is 1.76 bits per heavy atom. The monoisotopic (exact) mass is 519 g/mol. The van der Waals surface area contributed by atoms with E-state index in [1.807, 2.05) is 0 Å². The number of likely N-dealkylation sites (tertiary alicyclic amines) is 1. The number of hydrogen-bond acceptors (Lipinski definition) is 6. The second kappa shape index (κ2) is 11.5. The summed E-state index contributed by atoms with van der Waals surface area (Å²) in [5.41, 5.74) is 1.65. The minimum Gasteiger partial charge on any atom is -0.497 e. The van der Waals surface area contributed by atoms with Gasteiger partial charge in [-0.3, -0.25) is 9.59 Å². The number of rotatable bonds is 7. The van der Waals surface area contributed by atoms with Crippen LogP contribution >= 0.6 is 0 Å². The van der Waals surface area contributed by atoms with E-state index in [2.05, 4.69) is 0 Å². The minimum absolute atomic E-state index is 0.00519. The Labute approximate surface area is 221 Å². The number of Topliss-reactive ketones (excluding diaryl/α,β-unsaturated/α-hetero) is 2. The summed E-state index contributed by atoms with van der Waals surface area (Å²) in [5, 5.41) is 0. The Balaban J connectivity index is 1.89. The van der Waals surface area contributed by atoms with Crippen molar-refractivity contribution in [3.05, 3.63) is 94.8 Å². The molecule has 1 fully saturated rings. The van der Waals surface area contributed by atoms with Gasteiger partial charge in [0.1, 0.15) is 17.3 Å². The molecule has 38 heavy (non-hydrogen) atoms. The van der Waals surface area contributed by atoms with Crippen LogP contribution in [0.1, 0.15) is 37.8 Å². The maximum atomic E-state index is 14.8. The van der Waals surface area contributed by atoms with E-state index >= 15 is 0 Å². The van der Waals surface area contributed by atoms with Gasteiger partial charge in [-0.15, -0.1) is 0 Å². The van der Waals surface area contributed by atoms with Gasteiger partial charge in [0.05, 0.1) is 21.3 Å². The van der Waals surface area contributed by atoms with E-state index < -0.39 is 29.7 Å². The predicted molar refractivity (Wildman–Crippen MR) is 139 cm³/mol. The van der Waals surface area contributed by atoms with Gasteiger partial charge in [-0.1, -0.05) is 36.4 Å². The molecular weight excluding hydrogens is 489 g/mol. The number of nitrogens with zero attached hydrogens (tertiary/aromatic N) is 1. The van der Waals surface area contributed by atoms with Crippen molar-refractivity contribution >= 4 is 17.7 Å². The first-order chi connectivity index (χ1) is 18.3. The van der Waals surface area contributed by atoms with E-state index in [0.29, 0.717) is 33.8 Å². The second-order valence-corrected chi connectivity index (χ2v) is 9.26. The zero-order valence-corrected chi connectivity index (χ0v) is 21.8. The molecule has 3 aromatic carbocycles. The van der Waals surface area contributed by atoms with E-state index in [-0.39, 0.29) is 24.7 Å². The highest BCUT2D eigenvalue weighted by molar-refractivity contribution is 6.03. The molecule has 0 N–H and O–H groups in total. The van der Waals surface area contributed by atoms with E-state index in [1.54, 1.807) is 67.6 Å². The minimum atomic E-state index is -0.852. The summed E-state index contributed by atoms with van der Waals surface area (Å²) in [6, 6.07) is 18.1. The fourth-order valence-electron chi connectivity index (χ4n) is 5.23. The number of hydrogen-bond donors (Lipinski definition) is 0. The maximum Gasteiger partial charge on any atom is 0.409 e. The molecule has 1 heterocycles. The molecule has 0 aromatic heterocycles. The molecule has 1 unspecified atom stereocenters. The third-order valence-electron chi connectivity index (χ3n) is 7.18. The van der Waals surface area contributed by atoms with Gasteiger partial charge >= 0.3 is 6.09 Å². The highest BCUT2D eigenvalue weighted by atomic mass is 19.1. The van der Waals surface area contributed by atoms with Crippen molar-refractivity contribution in [2.75, 3.05) is 34.4 Å². The van der Waals surface area contributed by atoms with Crippen LogP contribution in [0.4, 0.5) is 9.18 Å². The molecular formula is C30H30FNO6. The highest BCUT2D eigenvalue weighted by Gasteiger charge is 2.47. The van der Waals surface area contributed by atoms with Crippen LogP contribution < -0.4 is 9.47 Å². The zero-order chi connectivity index (χ0) is 27.4. The van der Waals surface area contributed by atoms with Gasteiger partial charge < -0.3 is 19.1 Å². The van der Waals surface area contributed by atoms with Gasteiger partial charge in [-0.2, -0.15) is 0 Å². The quantitative estimate of drug-likeness (QED) is 0.393. The number of ketones is 2. The number of carbonyl (C=O) groups excluding carboxylic acids is 3. The number of piperidine rings is 1. The summed E-state index contributed by atoms with van der Waals surface area (Å²) in [5.74, 6) is -2.41. The number of benzene rings is 3. The molecule has 1 saturated heterocycles. The Hall–Kier alpha value is -4.20. The summed E-state index contributed by atoms with van der Waals surface area (Å²) >= 11 is 0. The standard InChI is InChI=1S/C30H30FNO6/c1-18-23(12-7-13-26(18)31)27-24(28(33)19-8-5-10-21(14-19)36-2)16-32(30(35)38-4)17-25(27)29(34)20-9-6-11-22(15-20)37-3/h5-15,24-25,27H,16-17H2,1-4H3/t24-,25+,27?. The zero-order valence-electron chi connectivity index (χ0n) is 21.8. The van der Waals surface area contributed by atoms with Crippen LogP contribution in [-0.2, 0) is 4.74 Å². The fourth-order valence-corrected chi connectivity index (χ4v) is 5.23. The molecule has 1 amide bonds. The maximum absolute atomic E-state index is 14.8. The molecule has 1 aliphatic rings. The van der Waals surface area contributed by atoms with Gasteiger partial charge in [0, 0.05) is 42.0 Å². The van der Waals surface area contributed by atoms with E-state index in [9.17, 15) is 18.8 Å². The topological polar surface area (TPSA) is 82.1 Å². The summed E-state index contributed by atoms with van der Waals surface area (Å²) in [6.45, 7) is 1.65. The normalized spacial score (nSPS) is 19.0. The van der Waals surface area contributed by atoms with Crippen LogP contribution in [-0.4, -0.2) is 57.0 Å². The first-order valence-electron chi connectivity index (χ1n) is 12.2. The number of carbonyl (C=O) groups is 3. The summed E-state index contributed by atoms with van der Waals surface area (Å²) in [6.07, 6.45) is -0.647. The van der Waals surface area contributed by atoms with Crippen LogP contribution in [0, 0.1) is 24.6 Å². The van der Waals surface area contributed by atoms with Gasteiger partial charge in [-0.25, -0.2) is 9.18 Å². The van der Waals surface area contributed by atoms with Gasteiger partial charge in [0.2, 0.25) is 0 Å². The van der Waals surface area contributed by atoms with Crippen molar-refractivity contribution in [1.29, 1.82) is 0 Å². The Morgan fingerprint density at radius 1 is 0.789 bits per heavy atom. The molecule has 1 aliphatic heterocycles. The van der Waals surface area contributed by atoms with Crippen molar-refractivity contribution in [3.63, 3.8) is 0 Å². The van der Waals surface area contributed by atoms with Crippen molar-refractivity contribution in [3.8, 4) is 11.5 Å². The lowest BCUT2D eigenvalue weighted by Crippen LogP contribution is -2.52. The Kier molecular flexibility index (Phi) is 8.10. The van der Waals surface area contributed by atoms with Crippen molar-refractivity contribution in [2.24, 2.45) is 11.8 Å². The highest BCUT2D eigenvalue weighted by Crippen LogP contribution is 2.43. The molecule has 0 radical (unpaired) electrons. The van der Waals surface area contributed by atoms with Crippen LogP contribution in [0.3, 0.4) is 0 Å². The van der Waals surface area contributed by atoms with Crippen LogP contribution in [0.5, 0.6) is 11.5 Å². The molecule has 8 heteroatoms. The molecule has 0 aliphatic carbocycles. The molecule has 0 spiro atoms. The summed E-state index contributed by atoms with van der Waals surface area (Å²) in [7, 11) is 4.26. The summed E-state index contributed by atoms with van der Waals surface area (Å²) < 4.78 is 30.4. The first kappa shape index (κ1) is 26.9. The number of amides is 1. The average molecular weight is 520 g/mol.